The summed E-state index contributed by atoms with van der Waals surface area (Å²) >= 11 is 0. The van der Waals surface area contributed by atoms with Crippen molar-refractivity contribution in [3.63, 3.8) is 0 Å². The van der Waals surface area contributed by atoms with Crippen LogP contribution in [-0.4, -0.2) is 12.2 Å². The summed E-state index contributed by atoms with van der Waals surface area (Å²) < 4.78 is 24.3. The summed E-state index contributed by atoms with van der Waals surface area (Å²) in [6.07, 6.45) is -2.64. The Morgan fingerprint density at radius 3 is 2.58 bits per heavy atom. The molecule has 0 saturated heterocycles. The number of rotatable bonds is 2. The van der Waals surface area contributed by atoms with Crippen LogP contribution in [-0.2, 0) is 0 Å². The van der Waals surface area contributed by atoms with E-state index in [1.165, 1.54) is 18.2 Å². The first-order valence-corrected chi connectivity index (χ1v) is 3.44. The molecule has 0 unspecified atom stereocenters. The highest BCUT2D eigenvalue weighted by atomic mass is 19.3. The third-order valence-electron chi connectivity index (χ3n) is 1.57. The first-order chi connectivity index (χ1) is 5.66. The Bertz CT molecular complexity index is 276. The van der Waals surface area contributed by atoms with E-state index in [1.807, 2.05) is 0 Å². The van der Waals surface area contributed by atoms with Crippen molar-refractivity contribution in [1.29, 1.82) is 0 Å². The van der Waals surface area contributed by atoms with E-state index in [0.29, 0.717) is 5.69 Å². The lowest BCUT2D eigenvalue weighted by Crippen LogP contribution is -1.92. The highest BCUT2D eigenvalue weighted by molar-refractivity contribution is 5.59. The van der Waals surface area contributed by atoms with Crippen molar-refractivity contribution < 1.29 is 13.9 Å². The maximum Gasteiger partial charge on any atom is 0.267 e. The zero-order chi connectivity index (χ0) is 9.14. The van der Waals surface area contributed by atoms with Crippen molar-refractivity contribution in [3.8, 4) is 5.75 Å². The lowest BCUT2D eigenvalue weighted by atomic mass is 10.2. The number of alkyl halides is 2. The molecule has 2 N–H and O–H groups in total. The predicted octanol–water partition coefficient (Wildman–Crippen LogP) is 2.37. The molecule has 0 radical (unpaired) electrons. The smallest absolute Gasteiger partial charge is 0.267 e. The topological polar surface area (TPSA) is 32.3 Å². The lowest BCUT2D eigenvalue weighted by Gasteiger charge is -2.07. The highest BCUT2D eigenvalue weighted by Gasteiger charge is 2.14. The molecule has 1 aromatic carbocycles. The number of halogens is 2. The van der Waals surface area contributed by atoms with Gasteiger partial charge in [0.1, 0.15) is 5.75 Å². The zero-order valence-corrected chi connectivity index (χ0v) is 6.51. The van der Waals surface area contributed by atoms with Crippen LogP contribution in [0.1, 0.15) is 12.0 Å². The Morgan fingerprint density at radius 1 is 1.42 bits per heavy atom. The highest BCUT2D eigenvalue weighted by Crippen LogP contribution is 2.33. The number of nitrogens with one attached hydrogen (secondary N) is 1. The summed E-state index contributed by atoms with van der Waals surface area (Å²) in [5.41, 5.74) is -0.0327. The van der Waals surface area contributed by atoms with Gasteiger partial charge >= 0.3 is 0 Å². The predicted molar refractivity (Wildman–Crippen MR) is 42.6 cm³/mol. The van der Waals surface area contributed by atoms with Crippen LogP contribution in [0, 0.1) is 0 Å². The molecular weight excluding hydrogens is 164 g/mol. The Kier molecular flexibility index (Phi) is 2.47. The van der Waals surface area contributed by atoms with Crippen LogP contribution < -0.4 is 5.32 Å². The molecule has 0 aliphatic carbocycles. The van der Waals surface area contributed by atoms with Crippen LogP contribution in [0.15, 0.2) is 18.2 Å². The summed E-state index contributed by atoms with van der Waals surface area (Å²) in [6.45, 7) is 0. The number of phenols is 1. The summed E-state index contributed by atoms with van der Waals surface area (Å²) in [5.74, 6) is -0.380. The molecule has 2 nitrogen and oxygen atoms in total. The van der Waals surface area contributed by atoms with Crippen LogP contribution in [0.3, 0.4) is 0 Å². The van der Waals surface area contributed by atoms with Gasteiger partial charge in [-0.15, -0.1) is 0 Å². The number of phenolic OH excluding ortho intramolecular Hbond substituents is 1. The quantitative estimate of drug-likeness (QED) is 0.673. The van der Waals surface area contributed by atoms with Gasteiger partial charge in [-0.2, -0.15) is 0 Å². The Balaban J connectivity index is 3.14. The van der Waals surface area contributed by atoms with Crippen LogP contribution in [0.4, 0.5) is 14.5 Å². The SMILES string of the molecule is CNc1cccc(C(F)F)c1O. The number of benzene rings is 1. The average Bonchev–Trinajstić information content (AvgIpc) is 2.04. The van der Waals surface area contributed by atoms with Crippen LogP contribution in [0.25, 0.3) is 0 Å². The maximum absolute atomic E-state index is 12.2. The third-order valence-corrected chi connectivity index (χ3v) is 1.57. The molecule has 66 valence electrons. The fourth-order valence-corrected chi connectivity index (χ4v) is 0.939. The molecule has 0 aliphatic heterocycles. The molecular formula is C8H9F2NO. The standard InChI is InChI=1S/C8H9F2NO/c1-11-6-4-2-3-5(7(6)12)8(9)10/h2-4,8,11-12H,1H3. The van der Waals surface area contributed by atoms with E-state index < -0.39 is 6.43 Å². The van der Waals surface area contributed by atoms with Crippen LogP contribution in [0.5, 0.6) is 5.75 Å². The first kappa shape index (κ1) is 8.77. The molecule has 0 amide bonds. The van der Waals surface area contributed by atoms with Gasteiger partial charge in [0.05, 0.1) is 11.3 Å². The van der Waals surface area contributed by atoms with Crippen molar-refractivity contribution in [1.82, 2.24) is 0 Å². The number of hydrogen-bond acceptors (Lipinski definition) is 2. The molecule has 1 aromatic rings. The van der Waals surface area contributed by atoms with Gasteiger partial charge in [-0.05, 0) is 12.1 Å². The van der Waals surface area contributed by atoms with E-state index >= 15 is 0 Å². The molecule has 0 atom stereocenters. The van der Waals surface area contributed by atoms with Gasteiger partial charge < -0.3 is 10.4 Å². The molecule has 1 rings (SSSR count). The normalized spacial score (nSPS) is 10.3. The van der Waals surface area contributed by atoms with Gasteiger partial charge in [-0.3, -0.25) is 0 Å². The summed E-state index contributed by atoms with van der Waals surface area (Å²) in [4.78, 5) is 0. The molecule has 0 fully saturated rings. The fourth-order valence-electron chi connectivity index (χ4n) is 0.939. The van der Waals surface area contributed by atoms with Gasteiger partial charge in [-0.25, -0.2) is 8.78 Å². The first-order valence-electron chi connectivity index (χ1n) is 3.44. The van der Waals surface area contributed by atoms with E-state index in [0.717, 1.165) is 0 Å². The van der Waals surface area contributed by atoms with Gasteiger partial charge in [0, 0.05) is 7.05 Å². The van der Waals surface area contributed by atoms with E-state index in [2.05, 4.69) is 5.32 Å². The summed E-state index contributed by atoms with van der Waals surface area (Å²) in [5, 5.41) is 11.8. The van der Waals surface area contributed by atoms with Gasteiger partial charge in [-0.1, -0.05) is 6.07 Å². The van der Waals surface area contributed by atoms with Crippen molar-refractivity contribution in [2.24, 2.45) is 0 Å². The molecule has 0 heterocycles. The maximum atomic E-state index is 12.2. The number of anilines is 1. The van der Waals surface area contributed by atoms with Crippen molar-refractivity contribution in [2.45, 2.75) is 6.43 Å². The Morgan fingerprint density at radius 2 is 2.08 bits per heavy atom. The van der Waals surface area contributed by atoms with Crippen LogP contribution in [0.2, 0.25) is 0 Å². The second kappa shape index (κ2) is 3.38. The molecule has 0 aliphatic rings. The van der Waals surface area contributed by atoms with Crippen molar-refractivity contribution >= 4 is 5.69 Å². The summed E-state index contributed by atoms with van der Waals surface area (Å²) in [6, 6.07) is 4.19. The van der Waals surface area contributed by atoms with E-state index in [1.54, 1.807) is 7.05 Å². The number of para-hydroxylation sites is 1. The molecule has 12 heavy (non-hydrogen) atoms. The number of hydrogen-bond donors (Lipinski definition) is 2. The minimum atomic E-state index is -2.64. The third kappa shape index (κ3) is 1.47. The largest absolute Gasteiger partial charge is 0.505 e. The molecule has 0 bridgehead atoms. The Labute approximate surface area is 68.8 Å². The number of aromatic hydroxyl groups is 1. The lowest BCUT2D eigenvalue weighted by molar-refractivity contribution is 0.147. The van der Waals surface area contributed by atoms with E-state index in [-0.39, 0.29) is 11.3 Å². The minimum absolute atomic E-state index is 0.313. The zero-order valence-electron chi connectivity index (χ0n) is 6.51. The van der Waals surface area contributed by atoms with E-state index in [9.17, 15) is 13.9 Å². The second-order valence-electron chi connectivity index (χ2n) is 2.29. The van der Waals surface area contributed by atoms with E-state index in [4.69, 9.17) is 0 Å². The van der Waals surface area contributed by atoms with Gasteiger partial charge in [0.25, 0.3) is 6.43 Å². The summed E-state index contributed by atoms with van der Waals surface area (Å²) in [7, 11) is 1.56. The molecule has 4 heteroatoms. The average molecular weight is 173 g/mol. The van der Waals surface area contributed by atoms with Gasteiger partial charge in [0.2, 0.25) is 0 Å². The monoisotopic (exact) mass is 173 g/mol. The van der Waals surface area contributed by atoms with Gasteiger partial charge in [0.15, 0.2) is 0 Å². The Hall–Kier alpha value is -1.32. The fraction of sp³-hybridized carbons (Fsp3) is 0.250. The minimum Gasteiger partial charge on any atom is -0.505 e. The second-order valence-corrected chi connectivity index (χ2v) is 2.29. The van der Waals surface area contributed by atoms with Crippen molar-refractivity contribution in [2.75, 3.05) is 12.4 Å². The molecule has 0 spiro atoms. The molecule has 0 saturated carbocycles. The van der Waals surface area contributed by atoms with Crippen LogP contribution >= 0.6 is 0 Å². The van der Waals surface area contributed by atoms with Crippen molar-refractivity contribution in [3.05, 3.63) is 23.8 Å². The molecule has 0 aromatic heterocycles.